The second kappa shape index (κ2) is 9.75. The van der Waals surface area contributed by atoms with Gasteiger partial charge in [-0.1, -0.05) is 18.6 Å². The molecule has 0 amide bonds. The molecular formula is C20H29N5O2S. The molecule has 2 aromatic rings. The monoisotopic (exact) mass is 403 g/mol. The van der Waals surface area contributed by atoms with Gasteiger partial charge < -0.3 is 15.2 Å². The van der Waals surface area contributed by atoms with Crippen molar-refractivity contribution in [1.29, 1.82) is 0 Å². The largest absolute Gasteiger partial charge is 0.355 e. The summed E-state index contributed by atoms with van der Waals surface area (Å²) < 4.78 is 29.4. The predicted octanol–water partition coefficient (Wildman–Crippen LogP) is 2.03. The Morgan fingerprint density at radius 2 is 1.82 bits per heavy atom. The highest BCUT2D eigenvalue weighted by Crippen LogP contribution is 2.21. The van der Waals surface area contributed by atoms with Gasteiger partial charge in [-0.15, -0.1) is 0 Å². The first-order valence-corrected chi connectivity index (χ1v) is 11.2. The molecule has 0 atom stereocenters. The van der Waals surface area contributed by atoms with E-state index in [-0.39, 0.29) is 0 Å². The number of hydrogen-bond acceptors (Lipinski definition) is 3. The minimum Gasteiger partial charge on any atom is -0.355 e. The summed E-state index contributed by atoms with van der Waals surface area (Å²) in [7, 11) is -1.69. The molecule has 0 radical (unpaired) electrons. The number of rotatable bonds is 7. The molecule has 2 N–H and O–H groups in total. The first-order valence-electron chi connectivity index (χ1n) is 9.74. The van der Waals surface area contributed by atoms with Crippen LogP contribution in [-0.2, 0) is 23.1 Å². The van der Waals surface area contributed by atoms with Crippen molar-refractivity contribution >= 4 is 16.0 Å². The SMILES string of the molecule is CN=C(NCCn1cccc1)NCc1cccc(S(=O)(=O)N2CCCCC2)c1. The Labute approximate surface area is 167 Å². The van der Waals surface area contributed by atoms with Gasteiger partial charge in [0, 0.05) is 52.2 Å². The molecule has 1 saturated heterocycles. The van der Waals surface area contributed by atoms with Crippen LogP contribution in [0.15, 0.2) is 58.7 Å². The highest BCUT2D eigenvalue weighted by atomic mass is 32.2. The van der Waals surface area contributed by atoms with E-state index >= 15 is 0 Å². The maximum Gasteiger partial charge on any atom is 0.243 e. The lowest BCUT2D eigenvalue weighted by molar-refractivity contribution is 0.346. The zero-order chi connectivity index (χ0) is 19.8. The summed E-state index contributed by atoms with van der Waals surface area (Å²) >= 11 is 0. The van der Waals surface area contributed by atoms with Gasteiger partial charge >= 0.3 is 0 Å². The smallest absolute Gasteiger partial charge is 0.243 e. The van der Waals surface area contributed by atoms with Crippen molar-refractivity contribution in [1.82, 2.24) is 19.5 Å². The normalized spacial score (nSPS) is 16.1. The van der Waals surface area contributed by atoms with Gasteiger partial charge in [0.15, 0.2) is 5.96 Å². The molecule has 1 aliphatic rings. The molecule has 28 heavy (non-hydrogen) atoms. The lowest BCUT2D eigenvalue weighted by Gasteiger charge is -2.26. The van der Waals surface area contributed by atoms with Crippen LogP contribution in [0, 0.1) is 0 Å². The van der Waals surface area contributed by atoms with E-state index in [9.17, 15) is 8.42 Å². The lowest BCUT2D eigenvalue weighted by Crippen LogP contribution is -2.38. The van der Waals surface area contributed by atoms with Gasteiger partial charge in [-0.3, -0.25) is 4.99 Å². The zero-order valence-corrected chi connectivity index (χ0v) is 17.2. The molecule has 3 rings (SSSR count). The molecule has 0 unspecified atom stereocenters. The van der Waals surface area contributed by atoms with Gasteiger partial charge in [0.2, 0.25) is 10.0 Å². The molecule has 0 saturated carbocycles. The third-order valence-corrected chi connectivity index (χ3v) is 6.76. The minimum absolute atomic E-state index is 0.365. The lowest BCUT2D eigenvalue weighted by atomic mass is 10.2. The van der Waals surface area contributed by atoms with Gasteiger partial charge in [0.1, 0.15) is 0 Å². The molecule has 1 aliphatic heterocycles. The Hall–Kier alpha value is -2.32. The molecule has 8 heteroatoms. The summed E-state index contributed by atoms with van der Waals surface area (Å²) in [5, 5.41) is 6.51. The number of nitrogens with one attached hydrogen (secondary N) is 2. The topological polar surface area (TPSA) is 78.7 Å². The van der Waals surface area contributed by atoms with E-state index in [1.54, 1.807) is 29.6 Å². The number of benzene rings is 1. The van der Waals surface area contributed by atoms with Crippen LogP contribution in [-0.4, -0.2) is 49.9 Å². The van der Waals surface area contributed by atoms with E-state index < -0.39 is 10.0 Å². The molecule has 1 fully saturated rings. The Balaban J connectivity index is 1.56. The summed E-state index contributed by atoms with van der Waals surface area (Å²) in [6.45, 7) is 3.33. The van der Waals surface area contributed by atoms with Gasteiger partial charge in [-0.05, 0) is 42.7 Å². The molecular weight excluding hydrogens is 374 g/mol. The predicted molar refractivity (Wildman–Crippen MR) is 112 cm³/mol. The van der Waals surface area contributed by atoms with Crippen LogP contribution < -0.4 is 10.6 Å². The first-order chi connectivity index (χ1) is 13.6. The summed E-state index contributed by atoms with van der Waals surface area (Å²) in [6, 6.07) is 11.2. The van der Waals surface area contributed by atoms with Crippen LogP contribution in [0.3, 0.4) is 0 Å². The number of hydrogen-bond donors (Lipinski definition) is 2. The molecule has 1 aromatic heterocycles. The second-order valence-electron chi connectivity index (χ2n) is 6.89. The fourth-order valence-electron chi connectivity index (χ4n) is 3.30. The Kier molecular flexibility index (Phi) is 7.11. The van der Waals surface area contributed by atoms with E-state index in [2.05, 4.69) is 20.2 Å². The molecule has 0 bridgehead atoms. The van der Waals surface area contributed by atoms with Gasteiger partial charge in [0.05, 0.1) is 4.90 Å². The van der Waals surface area contributed by atoms with Crippen LogP contribution in [0.4, 0.5) is 0 Å². The molecule has 0 aliphatic carbocycles. The second-order valence-corrected chi connectivity index (χ2v) is 8.82. The average Bonchev–Trinajstić information content (AvgIpc) is 3.25. The van der Waals surface area contributed by atoms with Crippen molar-refractivity contribution in [3.8, 4) is 0 Å². The Morgan fingerprint density at radius 1 is 1.07 bits per heavy atom. The van der Waals surface area contributed by atoms with Crippen LogP contribution in [0.2, 0.25) is 0 Å². The number of piperidine rings is 1. The van der Waals surface area contributed by atoms with Crippen molar-refractivity contribution < 1.29 is 8.42 Å². The van der Waals surface area contributed by atoms with E-state index in [0.29, 0.717) is 30.5 Å². The van der Waals surface area contributed by atoms with Gasteiger partial charge in [-0.25, -0.2) is 8.42 Å². The number of guanidine groups is 1. The van der Waals surface area contributed by atoms with E-state index in [1.807, 2.05) is 30.6 Å². The van der Waals surface area contributed by atoms with Crippen LogP contribution in [0.5, 0.6) is 0 Å². The Morgan fingerprint density at radius 3 is 2.54 bits per heavy atom. The van der Waals surface area contributed by atoms with Crippen LogP contribution in [0.25, 0.3) is 0 Å². The fourth-order valence-corrected chi connectivity index (χ4v) is 4.89. The van der Waals surface area contributed by atoms with Crippen molar-refractivity contribution in [3.63, 3.8) is 0 Å². The average molecular weight is 404 g/mol. The fraction of sp³-hybridized carbons (Fsp3) is 0.450. The summed E-state index contributed by atoms with van der Waals surface area (Å²) in [5.41, 5.74) is 0.909. The van der Waals surface area contributed by atoms with E-state index in [4.69, 9.17) is 0 Å². The quantitative estimate of drug-likeness (QED) is 0.548. The number of nitrogens with zero attached hydrogens (tertiary/aromatic N) is 3. The molecule has 152 valence electrons. The van der Waals surface area contributed by atoms with Crippen molar-refractivity contribution in [2.45, 2.75) is 37.2 Å². The van der Waals surface area contributed by atoms with Gasteiger partial charge in [0.25, 0.3) is 0 Å². The number of sulfonamides is 1. The molecule has 2 heterocycles. The maximum atomic E-state index is 12.9. The molecule has 1 aromatic carbocycles. The van der Waals surface area contributed by atoms with Crippen LogP contribution in [0.1, 0.15) is 24.8 Å². The zero-order valence-electron chi connectivity index (χ0n) is 16.3. The number of aliphatic imine (C=N–C) groups is 1. The first kappa shape index (κ1) is 20.4. The van der Waals surface area contributed by atoms with E-state index in [0.717, 1.165) is 37.9 Å². The summed E-state index contributed by atoms with van der Waals surface area (Å²) in [6.07, 6.45) is 7.02. The van der Waals surface area contributed by atoms with E-state index in [1.165, 1.54) is 0 Å². The highest BCUT2D eigenvalue weighted by Gasteiger charge is 2.25. The third kappa shape index (κ3) is 5.36. The molecule has 7 nitrogen and oxygen atoms in total. The minimum atomic E-state index is -3.41. The maximum absolute atomic E-state index is 12.9. The Bertz CT molecular complexity index is 872. The third-order valence-electron chi connectivity index (χ3n) is 4.86. The standard InChI is InChI=1S/C20H29N5O2S/c1-21-20(22-10-15-24-11-5-6-12-24)23-17-18-8-7-9-19(16-18)28(26,27)25-13-3-2-4-14-25/h5-9,11-12,16H,2-4,10,13-15,17H2,1H3,(H2,21,22,23). The van der Waals surface area contributed by atoms with Crippen molar-refractivity contribution in [2.24, 2.45) is 4.99 Å². The van der Waals surface area contributed by atoms with Crippen molar-refractivity contribution in [3.05, 3.63) is 54.4 Å². The molecule has 0 spiro atoms. The summed E-state index contributed by atoms with van der Waals surface area (Å²) in [5.74, 6) is 0.691. The van der Waals surface area contributed by atoms with Crippen LogP contribution >= 0.6 is 0 Å². The number of aromatic nitrogens is 1. The van der Waals surface area contributed by atoms with Crippen molar-refractivity contribution in [2.75, 3.05) is 26.7 Å². The highest BCUT2D eigenvalue weighted by molar-refractivity contribution is 7.89. The van der Waals surface area contributed by atoms with Gasteiger partial charge in [-0.2, -0.15) is 4.31 Å². The summed E-state index contributed by atoms with van der Waals surface area (Å²) in [4.78, 5) is 4.59.